The van der Waals surface area contributed by atoms with Crippen molar-refractivity contribution in [2.24, 2.45) is 0 Å². The highest BCUT2D eigenvalue weighted by Gasteiger charge is 2.06. The maximum Gasteiger partial charge on any atom is 0.339 e. The quantitative estimate of drug-likeness (QED) is 0.497. The first kappa shape index (κ1) is 14.1. The molecule has 0 aromatic heterocycles. The molecular formula is C10H18BNO3. The predicted molar refractivity (Wildman–Crippen MR) is 58.4 cm³/mol. The fourth-order valence-corrected chi connectivity index (χ4v) is 1.13. The van der Waals surface area contributed by atoms with Gasteiger partial charge in [-0.15, -0.1) is 0 Å². The smallest absolute Gasteiger partial charge is 0.339 e. The van der Waals surface area contributed by atoms with Crippen molar-refractivity contribution in [3.8, 4) is 0 Å². The third kappa shape index (κ3) is 11.0. The highest BCUT2D eigenvalue weighted by molar-refractivity contribution is 6.28. The van der Waals surface area contributed by atoms with Gasteiger partial charge < -0.3 is 19.6 Å². The number of nitrogens with zero attached hydrogens (tertiary/aromatic N) is 1. The largest absolute Gasteiger partial charge is 0.832 e. The zero-order valence-electron chi connectivity index (χ0n) is 9.42. The summed E-state index contributed by atoms with van der Waals surface area (Å²) in [5.41, 5.74) is 1.40. The Morgan fingerprint density at radius 3 is 1.87 bits per heavy atom. The van der Waals surface area contributed by atoms with Gasteiger partial charge in [0.05, 0.1) is 21.1 Å². The Morgan fingerprint density at radius 2 is 1.53 bits per heavy atom. The van der Waals surface area contributed by atoms with Crippen LogP contribution in [0.4, 0.5) is 0 Å². The Morgan fingerprint density at radius 1 is 1.13 bits per heavy atom. The van der Waals surface area contributed by atoms with Crippen LogP contribution in [-0.4, -0.2) is 43.0 Å². The molecule has 2 N–H and O–H groups in total. The van der Waals surface area contributed by atoms with E-state index in [0.29, 0.717) is 0 Å². The Kier molecular flexibility index (Phi) is 6.20. The van der Waals surface area contributed by atoms with Crippen LogP contribution in [0.3, 0.4) is 0 Å². The molecule has 15 heavy (non-hydrogen) atoms. The van der Waals surface area contributed by atoms with Crippen molar-refractivity contribution >= 4 is 7.32 Å². The van der Waals surface area contributed by atoms with Gasteiger partial charge in [0.25, 0.3) is 0 Å². The van der Waals surface area contributed by atoms with Gasteiger partial charge in [0.2, 0.25) is 0 Å². The first-order valence-electron chi connectivity index (χ1n) is 4.67. The Bertz CT molecular complexity index is 256. The second-order valence-corrected chi connectivity index (χ2v) is 4.26. The monoisotopic (exact) mass is 211 g/mol. The lowest BCUT2D eigenvalue weighted by Crippen LogP contribution is -2.33. The van der Waals surface area contributed by atoms with Crippen LogP contribution in [0.25, 0.3) is 0 Å². The lowest BCUT2D eigenvalue weighted by Gasteiger charge is -2.23. The van der Waals surface area contributed by atoms with E-state index in [9.17, 15) is 0 Å². The van der Waals surface area contributed by atoms with Crippen molar-refractivity contribution < 1.29 is 19.6 Å². The molecule has 0 aliphatic rings. The van der Waals surface area contributed by atoms with Crippen LogP contribution in [0, 0.1) is 0 Å². The Hall–Kier alpha value is -0.875. The summed E-state index contributed by atoms with van der Waals surface area (Å²) in [4.78, 5) is 0. The van der Waals surface area contributed by atoms with Crippen molar-refractivity contribution in [3.63, 3.8) is 0 Å². The number of rotatable bonds is 2. The summed E-state index contributed by atoms with van der Waals surface area (Å²) in [7, 11) is 4.19. The molecule has 0 saturated carbocycles. The lowest BCUT2D eigenvalue weighted by molar-refractivity contribution is -0.884. The van der Waals surface area contributed by atoms with Crippen LogP contribution in [0.2, 0.25) is 0 Å². The Labute approximate surface area is 91.2 Å². The topological polar surface area (TPSA) is 63.5 Å². The van der Waals surface area contributed by atoms with Gasteiger partial charge in [-0.2, -0.15) is 0 Å². The number of quaternary nitrogens is 1. The van der Waals surface area contributed by atoms with E-state index in [4.69, 9.17) is 15.1 Å². The van der Waals surface area contributed by atoms with Crippen molar-refractivity contribution in [2.45, 2.75) is 6.54 Å². The molecule has 0 saturated heterocycles. The molecule has 0 spiro atoms. The van der Waals surface area contributed by atoms with Crippen molar-refractivity contribution in [2.75, 3.05) is 21.1 Å². The molecule has 0 fully saturated rings. The molecule has 0 radical (unpaired) electrons. The van der Waals surface area contributed by atoms with Crippen molar-refractivity contribution in [1.82, 2.24) is 0 Å². The van der Waals surface area contributed by atoms with Crippen molar-refractivity contribution in [1.29, 1.82) is 0 Å². The van der Waals surface area contributed by atoms with Gasteiger partial charge in [0, 0.05) is 5.56 Å². The molecule has 0 amide bonds. The van der Waals surface area contributed by atoms with E-state index in [2.05, 4.69) is 51.5 Å². The van der Waals surface area contributed by atoms with E-state index >= 15 is 0 Å². The van der Waals surface area contributed by atoms with Gasteiger partial charge in [-0.25, -0.2) is 0 Å². The summed E-state index contributed by atoms with van der Waals surface area (Å²) in [6.45, 7) is 1.10. The zero-order valence-corrected chi connectivity index (χ0v) is 9.42. The molecule has 4 nitrogen and oxygen atoms in total. The highest BCUT2D eigenvalue weighted by atomic mass is 16.5. The zero-order chi connectivity index (χ0) is 11.9. The van der Waals surface area contributed by atoms with Crippen LogP contribution in [-0.2, 0) is 6.54 Å². The van der Waals surface area contributed by atoms with Gasteiger partial charge in [0.1, 0.15) is 6.54 Å². The summed E-state index contributed by atoms with van der Waals surface area (Å²) in [5.74, 6) is 0. The molecule has 1 aromatic carbocycles. The van der Waals surface area contributed by atoms with Crippen LogP contribution in [0.15, 0.2) is 30.3 Å². The summed E-state index contributed by atoms with van der Waals surface area (Å²) in [6.07, 6.45) is 0. The maximum absolute atomic E-state index is 8.64. The van der Waals surface area contributed by atoms with E-state index in [1.807, 2.05) is 0 Å². The molecule has 84 valence electrons. The minimum absolute atomic E-state index is 0.990. The number of hydrogen-bond donors (Lipinski definition) is 2. The first-order valence-corrected chi connectivity index (χ1v) is 4.67. The van der Waals surface area contributed by atoms with Crippen LogP contribution in [0.5, 0.6) is 0 Å². The standard InChI is InChI=1S/C10H16N.BH2O3/c1-11(2,3)9-10-7-5-4-6-8-10;2-1(3)4/h4-8H,9H2,1-3H3;2-3H/q+1;-1. The van der Waals surface area contributed by atoms with E-state index in [-0.39, 0.29) is 0 Å². The highest BCUT2D eigenvalue weighted by Crippen LogP contribution is 2.04. The SMILES string of the molecule is C[N+](C)(C)Cc1ccccc1.[O-]B(O)O. The molecule has 0 unspecified atom stereocenters. The molecule has 0 atom stereocenters. The number of hydrogen-bond acceptors (Lipinski definition) is 3. The fraction of sp³-hybridized carbons (Fsp3) is 0.400. The summed E-state index contributed by atoms with van der Waals surface area (Å²) in [6, 6.07) is 10.6. The summed E-state index contributed by atoms with van der Waals surface area (Å²) >= 11 is 0. The third-order valence-electron chi connectivity index (χ3n) is 1.50. The molecule has 5 heteroatoms. The van der Waals surface area contributed by atoms with E-state index < -0.39 is 7.32 Å². The van der Waals surface area contributed by atoms with Crippen molar-refractivity contribution in [3.05, 3.63) is 35.9 Å². The van der Waals surface area contributed by atoms with Gasteiger partial charge in [0.15, 0.2) is 0 Å². The molecule has 1 aromatic rings. The minimum atomic E-state index is -2.42. The van der Waals surface area contributed by atoms with E-state index in [0.717, 1.165) is 11.0 Å². The fourth-order valence-electron chi connectivity index (χ4n) is 1.13. The van der Waals surface area contributed by atoms with Crippen LogP contribution < -0.4 is 5.02 Å². The average Bonchev–Trinajstić information content (AvgIpc) is 2.01. The first-order chi connectivity index (χ1) is 6.81. The predicted octanol–water partition coefficient (Wildman–Crippen LogP) is -0.791. The van der Waals surface area contributed by atoms with Gasteiger partial charge >= 0.3 is 7.32 Å². The normalized spacial score (nSPS) is 10.3. The summed E-state index contributed by atoms with van der Waals surface area (Å²) in [5, 5.41) is 22.8. The maximum atomic E-state index is 8.64. The van der Waals surface area contributed by atoms with Gasteiger partial charge in [-0.1, -0.05) is 30.3 Å². The third-order valence-corrected chi connectivity index (χ3v) is 1.50. The van der Waals surface area contributed by atoms with E-state index in [1.165, 1.54) is 5.56 Å². The second kappa shape index (κ2) is 6.58. The molecule has 1 rings (SSSR count). The summed E-state index contributed by atoms with van der Waals surface area (Å²) < 4.78 is 0.990. The second-order valence-electron chi connectivity index (χ2n) is 4.26. The average molecular weight is 211 g/mol. The van der Waals surface area contributed by atoms with Gasteiger partial charge in [-0.05, 0) is 0 Å². The molecule has 0 aliphatic heterocycles. The molecule has 0 aliphatic carbocycles. The van der Waals surface area contributed by atoms with Crippen LogP contribution in [0.1, 0.15) is 5.56 Å². The van der Waals surface area contributed by atoms with Crippen LogP contribution >= 0.6 is 0 Å². The van der Waals surface area contributed by atoms with Gasteiger partial charge in [-0.3, -0.25) is 0 Å². The Balaban J connectivity index is 0.000000423. The number of benzene rings is 1. The van der Waals surface area contributed by atoms with E-state index in [1.54, 1.807) is 0 Å². The molecule has 0 heterocycles. The molecule has 0 bridgehead atoms. The lowest BCUT2D eigenvalue weighted by atomic mass is 10.2. The molecular weight excluding hydrogens is 193 g/mol. The minimum Gasteiger partial charge on any atom is -0.832 e.